The van der Waals surface area contributed by atoms with Crippen LogP contribution < -0.4 is 5.32 Å². The number of carboxylic acid groups (broad SMARTS) is 1. The summed E-state index contributed by atoms with van der Waals surface area (Å²) in [6, 6.07) is 20.0. The molecule has 2 N–H and O–H groups in total. The lowest BCUT2D eigenvalue weighted by molar-refractivity contribution is -0.130. The highest BCUT2D eigenvalue weighted by Gasteiger charge is 2.37. The van der Waals surface area contributed by atoms with Gasteiger partial charge in [0.1, 0.15) is 6.04 Å². The monoisotopic (exact) mass is 540 g/mol. The van der Waals surface area contributed by atoms with Crippen LogP contribution in [0.4, 0.5) is 4.79 Å². The predicted molar refractivity (Wildman–Crippen MR) is 146 cm³/mol. The lowest BCUT2D eigenvalue weighted by atomic mass is 9.95. The number of carbonyl (C=O) groups excluding carboxylic acids is 1. The van der Waals surface area contributed by atoms with Crippen molar-refractivity contribution in [1.29, 1.82) is 0 Å². The van der Waals surface area contributed by atoms with Crippen molar-refractivity contribution in [3.63, 3.8) is 0 Å². The van der Waals surface area contributed by atoms with Gasteiger partial charge in [-0.15, -0.1) is 0 Å². The molecule has 37 heavy (non-hydrogen) atoms. The molecule has 0 aromatic heterocycles. The van der Waals surface area contributed by atoms with Gasteiger partial charge in [-0.3, -0.25) is 9.69 Å². The van der Waals surface area contributed by atoms with Crippen LogP contribution in [0.25, 0.3) is 11.1 Å². The molecule has 3 aromatic rings. The average molecular weight is 541 g/mol. The number of ether oxygens (including phenoxy) is 1. The zero-order valence-corrected chi connectivity index (χ0v) is 22.5. The number of nitrogens with one attached hydrogen (secondary N) is 1. The average Bonchev–Trinajstić information content (AvgIpc) is 3.17. The Balaban J connectivity index is 1.61. The molecule has 0 unspecified atom stereocenters. The van der Waals surface area contributed by atoms with E-state index >= 15 is 0 Å². The largest absolute Gasteiger partial charge is 0.465 e. The van der Waals surface area contributed by atoms with Gasteiger partial charge in [-0.1, -0.05) is 77.8 Å². The summed E-state index contributed by atoms with van der Waals surface area (Å²) in [6.07, 6.45) is -1.19. The zero-order valence-electron chi connectivity index (χ0n) is 21.0. The van der Waals surface area contributed by atoms with Crippen molar-refractivity contribution in [2.75, 3.05) is 13.2 Å². The van der Waals surface area contributed by atoms with Crippen molar-refractivity contribution in [3.05, 3.63) is 93.5 Å². The number of hydrogen-bond donors (Lipinski definition) is 2. The van der Waals surface area contributed by atoms with E-state index < -0.39 is 23.6 Å². The van der Waals surface area contributed by atoms with Crippen LogP contribution in [0.3, 0.4) is 0 Å². The molecule has 0 heterocycles. The van der Waals surface area contributed by atoms with Crippen LogP contribution in [0.15, 0.2) is 66.7 Å². The molecule has 0 saturated carbocycles. The summed E-state index contributed by atoms with van der Waals surface area (Å²) >= 11 is 12.1. The van der Waals surface area contributed by atoms with Crippen molar-refractivity contribution in [2.45, 2.75) is 44.9 Å². The van der Waals surface area contributed by atoms with Crippen LogP contribution in [0.5, 0.6) is 0 Å². The third-order valence-corrected chi connectivity index (χ3v) is 7.13. The standard InChI is InChI=1S/C29H30Cl2N2O4/c1-29(2,3)37-17-26(27(34)32-15-18-12-13-24(30)25(31)14-18)33(28(35)36)16-23-21-10-6-4-8-19(21)20-9-5-7-11-22(20)23/h4-14,23,26H,15-17H2,1-3H3,(H,32,34)(H,35,36)/t26-/m1/s1. The molecule has 6 nitrogen and oxygen atoms in total. The van der Waals surface area contributed by atoms with E-state index in [0.29, 0.717) is 10.0 Å². The maximum Gasteiger partial charge on any atom is 0.408 e. The molecule has 3 aromatic carbocycles. The molecule has 1 aliphatic rings. The van der Waals surface area contributed by atoms with E-state index in [-0.39, 0.29) is 25.6 Å². The number of hydrogen-bond acceptors (Lipinski definition) is 3. The quantitative estimate of drug-likeness (QED) is 0.338. The van der Waals surface area contributed by atoms with Gasteiger partial charge in [0.05, 0.1) is 22.3 Å². The molecule has 8 heteroatoms. The summed E-state index contributed by atoms with van der Waals surface area (Å²) in [5.41, 5.74) is 4.45. The summed E-state index contributed by atoms with van der Waals surface area (Å²) in [5, 5.41) is 13.9. The summed E-state index contributed by atoms with van der Waals surface area (Å²) in [7, 11) is 0. The summed E-state index contributed by atoms with van der Waals surface area (Å²) in [6.45, 7) is 5.80. The molecule has 1 aliphatic carbocycles. The highest BCUT2D eigenvalue weighted by Crippen LogP contribution is 2.45. The van der Waals surface area contributed by atoms with E-state index in [0.717, 1.165) is 27.8 Å². The van der Waals surface area contributed by atoms with Gasteiger partial charge < -0.3 is 15.2 Å². The van der Waals surface area contributed by atoms with Gasteiger partial charge in [0, 0.05) is 19.0 Å². The van der Waals surface area contributed by atoms with Gasteiger partial charge in [-0.05, 0) is 60.7 Å². The van der Waals surface area contributed by atoms with Gasteiger partial charge in [-0.25, -0.2) is 4.79 Å². The normalized spacial score (nSPS) is 13.5. The van der Waals surface area contributed by atoms with Crippen LogP contribution in [0.1, 0.15) is 43.4 Å². The fourth-order valence-corrected chi connectivity index (χ4v) is 4.91. The van der Waals surface area contributed by atoms with Crippen molar-refractivity contribution < 1.29 is 19.4 Å². The Morgan fingerprint density at radius 2 is 1.57 bits per heavy atom. The van der Waals surface area contributed by atoms with Gasteiger partial charge in [-0.2, -0.15) is 0 Å². The van der Waals surface area contributed by atoms with Crippen LogP contribution in [0, 0.1) is 0 Å². The fourth-order valence-electron chi connectivity index (χ4n) is 4.58. The molecule has 194 valence electrons. The van der Waals surface area contributed by atoms with E-state index in [1.54, 1.807) is 18.2 Å². The molecule has 4 rings (SSSR count). The maximum absolute atomic E-state index is 13.4. The minimum atomic E-state index is -1.19. The second-order valence-electron chi connectivity index (χ2n) is 10.1. The number of amides is 2. The Labute approximate surface area is 227 Å². The zero-order chi connectivity index (χ0) is 26.7. The molecule has 0 radical (unpaired) electrons. The Bertz CT molecular complexity index is 1260. The van der Waals surface area contributed by atoms with Gasteiger partial charge >= 0.3 is 6.09 Å². The number of carbonyl (C=O) groups is 2. The van der Waals surface area contributed by atoms with Crippen molar-refractivity contribution >= 4 is 35.2 Å². The van der Waals surface area contributed by atoms with Crippen LogP contribution in [-0.4, -0.2) is 46.8 Å². The molecule has 2 amide bonds. The molecular weight excluding hydrogens is 511 g/mol. The van der Waals surface area contributed by atoms with E-state index in [4.69, 9.17) is 27.9 Å². The number of nitrogens with zero attached hydrogens (tertiary/aromatic N) is 1. The summed E-state index contributed by atoms with van der Waals surface area (Å²) in [4.78, 5) is 27.2. The molecule has 0 saturated heterocycles. The van der Waals surface area contributed by atoms with Crippen LogP contribution >= 0.6 is 23.2 Å². The highest BCUT2D eigenvalue weighted by atomic mass is 35.5. The Kier molecular flexibility index (Phi) is 8.12. The second-order valence-corrected chi connectivity index (χ2v) is 10.9. The van der Waals surface area contributed by atoms with Gasteiger partial charge in [0.15, 0.2) is 0 Å². The van der Waals surface area contributed by atoms with Crippen molar-refractivity contribution in [1.82, 2.24) is 10.2 Å². The topological polar surface area (TPSA) is 78.9 Å². The summed E-state index contributed by atoms with van der Waals surface area (Å²) in [5.74, 6) is -0.652. The first-order valence-electron chi connectivity index (χ1n) is 12.1. The third-order valence-electron chi connectivity index (χ3n) is 6.39. The van der Waals surface area contributed by atoms with E-state index in [2.05, 4.69) is 5.32 Å². The molecule has 0 bridgehead atoms. The lowest BCUT2D eigenvalue weighted by Gasteiger charge is -2.33. The molecule has 0 spiro atoms. The first kappa shape index (κ1) is 27.0. The number of benzene rings is 3. The van der Waals surface area contributed by atoms with Crippen molar-refractivity contribution in [2.24, 2.45) is 0 Å². The smallest absolute Gasteiger partial charge is 0.408 e. The summed E-state index contributed by atoms with van der Waals surface area (Å²) < 4.78 is 5.93. The lowest BCUT2D eigenvalue weighted by Crippen LogP contribution is -2.53. The molecule has 1 atom stereocenters. The molecular formula is C29H30Cl2N2O4. The SMILES string of the molecule is CC(C)(C)OC[C@H](C(=O)NCc1ccc(Cl)c(Cl)c1)N(CC1c2ccccc2-c2ccccc21)C(=O)O. The third kappa shape index (κ3) is 6.27. The van der Waals surface area contributed by atoms with E-state index in [1.165, 1.54) is 4.90 Å². The Morgan fingerprint density at radius 1 is 0.973 bits per heavy atom. The van der Waals surface area contributed by atoms with E-state index in [9.17, 15) is 14.7 Å². The Morgan fingerprint density at radius 3 is 2.11 bits per heavy atom. The molecule has 0 aliphatic heterocycles. The number of fused-ring (bicyclic) bond motifs is 3. The molecule has 0 fully saturated rings. The maximum atomic E-state index is 13.4. The first-order chi connectivity index (χ1) is 17.5. The predicted octanol–water partition coefficient (Wildman–Crippen LogP) is 6.59. The van der Waals surface area contributed by atoms with Crippen molar-refractivity contribution in [3.8, 4) is 11.1 Å². The second kappa shape index (κ2) is 11.1. The first-order valence-corrected chi connectivity index (χ1v) is 12.8. The number of rotatable bonds is 8. The van der Waals surface area contributed by atoms with Gasteiger partial charge in [0.25, 0.3) is 0 Å². The Hall–Kier alpha value is -3.06. The minimum Gasteiger partial charge on any atom is -0.465 e. The number of halogens is 2. The van der Waals surface area contributed by atoms with E-state index in [1.807, 2.05) is 69.3 Å². The fraction of sp³-hybridized carbons (Fsp3) is 0.310. The minimum absolute atomic E-state index is 0.0843. The van der Waals surface area contributed by atoms with Crippen LogP contribution in [0.2, 0.25) is 10.0 Å². The van der Waals surface area contributed by atoms with Gasteiger partial charge in [0.2, 0.25) is 5.91 Å². The van der Waals surface area contributed by atoms with Crippen LogP contribution in [-0.2, 0) is 16.1 Å². The highest BCUT2D eigenvalue weighted by molar-refractivity contribution is 6.42.